The SMILES string of the molecule is CC(C)(C)c1cc(/C=C/C(=O)CO[PH](=O)OCC(=O)/C=C/c2cc(C(C)(C)C)c(O)c3c2CCCC3)c2c(c1O)CCCC2. The summed E-state index contributed by atoms with van der Waals surface area (Å²) in [6.45, 7) is 11.4. The number of hydrogen-bond acceptors (Lipinski definition) is 7. The first-order valence-corrected chi connectivity index (χ1v) is 16.9. The van der Waals surface area contributed by atoms with E-state index in [2.05, 4.69) is 0 Å². The van der Waals surface area contributed by atoms with Crippen molar-refractivity contribution in [1.82, 2.24) is 0 Å². The molecule has 0 radical (unpaired) electrons. The zero-order valence-corrected chi connectivity index (χ0v) is 28.0. The van der Waals surface area contributed by atoms with Crippen molar-refractivity contribution in [2.24, 2.45) is 0 Å². The Labute approximate surface area is 262 Å². The molecule has 238 valence electrons. The van der Waals surface area contributed by atoms with E-state index < -0.39 is 21.5 Å². The molecule has 2 aliphatic carbocycles. The Morgan fingerprint density at radius 1 is 0.682 bits per heavy atom. The van der Waals surface area contributed by atoms with Crippen molar-refractivity contribution in [1.29, 1.82) is 0 Å². The van der Waals surface area contributed by atoms with Crippen molar-refractivity contribution in [2.45, 2.75) is 104 Å². The van der Waals surface area contributed by atoms with Gasteiger partial charge in [0.25, 0.3) is 0 Å². The van der Waals surface area contributed by atoms with E-state index in [1.807, 2.05) is 53.7 Å². The molecule has 0 fully saturated rings. The van der Waals surface area contributed by atoms with Crippen LogP contribution in [-0.4, -0.2) is 35.0 Å². The van der Waals surface area contributed by atoms with Gasteiger partial charge in [-0.2, -0.15) is 0 Å². The van der Waals surface area contributed by atoms with Crippen LogP contribution in [0.15, 0.2) is 24.3 Å². The molecule has 2 N–H and O–H groups in total. The maximum Gasteiger partial charge on any atom is 0.320 e. The van der Waals surface area contributed by atoms with Gasteiger partial charge in [0.15, 0.2) is 11.6 Å². The first-order chi connectivity index (χ1) is 20.7. The summed E-state index contributed by atoms with van der Waals surface area (Å²) in [6, 6.07) is 3.90. The topological polar surface area (TPSA) is 110 Å². The standard InChI is InChI=1S/C36H47O7P/c1-35(2,3)31-19-23(27-11-7-9-13-29(27)33(31)39)15-17-25(37)21-42-44(41)43-22-26(38)18-16-24-20-32(36(4,5)6)34(40)30-14-10-8-12-28(24)30/h15-20,39-40,44H,7-14,21-22H2,1-6H3/b17-15+,18-16+. The lowest BCUT2D eigenvalue weighted by Gasteiger charge is -2.27. The van der Waals surface area contributed by atoms with E-state index in [1.54, 1.807) is 12.2 Å². The third-order valence-electron chi connectivity index (χ3n) is 8.49. The van der Waals surface area contributed by atoms with E-state index in [0.717, 1.165) is 95.9 Å². The van der Waals surface area contributed by atoms with Crippen molar-refractivity contribution in [3.8, 4) is 11.5 Å². The van der Waals surface area contributed by atoms with Gasteiger partial charge in [0, 0.05) is 11.1 Å². The minimum absolute atomic E-state index is 0.255. The molecule has 0 atom stereocenters. The molecular formula is C36H47O7P. The molecule has 7 nitrogen and oxygen atoms in total. The Kier molecular flexibility index (Phi) is 10.8. The van der Waals surface area contributed by atoms with Crippen molar-refractivity contribution in [3.63, 3.8) is 0 Å². The van der Waals surface area contributed by atoms with Crippen LogP contribution < -0.4 is 0 Å². The number of carbonyl (C=O) groups excluding carboxylic acids is 2. The van der Waals surface area contributed by atoms with E-state index in [0.29, 0.717) is 11.5 Å². The van der Waals surface area contributed by atoms with Crippen LogP contribution in [-0.2, 0) is 59.7 Å². The summed E-state index contributed by atoms with van der Waals surface area (Å²) in [5, 5.41) is 21.8. The highest BCUT2D eigenvalue weighted by Crippen LogP contribution is 2.42. The molecule has 2 aliphatic rings. The van der Waals surface area contributed by atoms with Crippen LogP contribution in [0.2, 0.25) is 0 Å². The predicted molar refractivity (Wildman–Crippen MR) is 176 cm³/mol. The van der Waals surface area contributed by atoms with Gasteiger partial charge < -0.3 is 19.3 Å². The molecule has 4 rings (SSSR count). The van der Waals surface area contributed by atoms with Crippen LogP contribution in [0.1, 0.15) is 112 Å². The molecule has 0 heterocycles. The summed E-state index contributed by atoms with van der Waals surface area (Å²) in [6.07, 6.45) is 13.7. The first-order valence-electron chi connectivity index (χ1n) is 15.6. The van der Waals surface area contributed by atoms with Crippen molar-refractivity contribution in [3.05, 3.63) is 68.8 Å². The predicted octanol–water partition coefficient (Wildman–Crippen LogP) is 7.74. The summed E-state index contributed by atoms with van der Waals surface area (Å²) in [5.74, 6) is -0.0350. The number of phenols is 2. The van der Waals surface area contributed by atoms with E-state index in [1.165, 1.54) is 12.2 Å². The molecule has 0 amide bonds. The van der Waals surface area contributed by atoms with Gasteiger partial charge in [-0.3, -0.25) is 14.2 Å². The molecule has 2 aromatic rings. The molecule has 0 unspecified atom stereocenters. The smallest absolute Gasteiger partial charge is 0.320 e. The summed E-state index contributed by atoms with van der Waals surface area (Å²) in [4.78, 5) is 25.1. The van der Waals surface area contributed by atoms with Crippen LogP contribution in [0.5, 0.6) is 11.5 Å². The lowest BCUT2D eigenvalue weighted by atomic mass is 9.79. The lowest BCUT2D eigenvalue weighted by molar-refractivity contribution is -0.116. The second-order valence-corrected chi connectivity index (χ2v) is 15.1. The monoisotopic (exact) mass is 622 g/mol. The normalized spacial score (nSPS) is 15.6. The van der Waals surface area contributed by atoms with E-state index in [9.17, 15) is 24.4 Å². The number of ketones is 2. The largest absolute Gasteiger partial charge is 0.507 e. The Balaban J connectivity index is 1.34. The maximum atomic E-state index is 12.5. The zero-order chi connectivity index (χ0) is 32.2. The second kappa shape index (κ2) is 14.0. The zero-order valence-electron chi connectivity index (χ0n) is 27.0. The van der Waals surface area contributed by atoms with Crippen molar-refractivity contribution in [2.75, 3.05) is 13.2 Å². The highest BCUT2D eigenvalue weighted by molar-refractivity contribution is 7.33. The fraction of sp³-hybridized carbons (Fsp3) is 0.500. The number of carbonyl (C=O) groups is 2. The average Bonchev–Trinajstić information content (AvgIpc) is 2.97. The van der Waals surface area contributed by atoms with E-state index in [-0.39, 0.29) is 22.4 Å². The van der Waals surface area contributed by atoms with E-state index >= 15 is 0 Å². The third kappa shape index (κ3) is 8.18. The molecule has 0 aliphatic heterocycles. The van der Waals surface area contributed by atoms with Gasteiger partial charge in [-0.15, -0.1) is 0 Å². The number of benzene rings is 2. The molecular weight excluding hydrogens is 575 g/mol. The molecule has 2 aromatic carbocycles. The quantitative estimate of drug-likeness (QED) is 0.206. The molecule has 0 saturated heterocycles. The molecule has 8 heteroatoms. The molecule has 0 aromatic heterocycles. The average molecular weight is 623 g/mol. The van der Waals surface area contributed by atoms with Gasteiger partial charge >= 0.3 is 8.25 Å². The first kappa shape index (κ1) is 33.9. The van der Waals surface area contributed by atoms with Crippen LogP contribution >= 0.6 is 8.25 Å². The summed E-state index contributed by atoms with van der Waals surface area (Å²) in [7, 11) is -3.06. The van der Waals surface area contributed by atoms with Crippen molar-refractivity contribution < 1.29 is 33.4 Å². The Morgan fingerprint density at radius 2 is 1.02 bits per heavy atom. The van der Waals surface area contributed by atoms with Gasteiger partial charge in [0.05, 0.1) is 0 Å². The number of phenolic OH excluding ortho intramolecular Hbond substituents is 2. The van der Waals surface area contributed by atoms with Gasteiger partial charge in [-0.05, 0) is 120 Å². The maximum absolute atomic E-state index is 12.5. The minimum Gasteiger partial charge on any atom is -0.507 e. The lowest BCUT2D eigenvalue weighted by Crippen LogP contribution is -2.15. The van der Waals surface area contributed by atoms with Crippen LogP contribution in [0.25, 0.3) is 12.2 Å². The van der Waals surface area contributed by atoms with Crippen LogP contribution in [0, 0.1) is 0 Å². The molecule has 0 spiro atoms. The number of hydrogen-bond donors (Lipinski definition) is 2. The number of rotatable bonds is 10. The minimum atomic E-state index is -3.06. The Hall–Kier alpha value is -2.99. The highest BCUT2D eigenvalue weighted by Gasteiger charge is 2.27. The van der Waals surface area contributed by atoms with Crippen molar-refractivity contribution >= 4 is 32.0 Å². The highest BCUT2D eigenvalue weighted by atomic mass is 31.1. The number of aromatic hydroxyl groups is 2. The van der Waals surface area contributed by atoms with Crippen LogP contribution in [0.4, 0.5) is 0 Å². The summed E-state index contributed by atoms with van der Waals surface area (Å²) < 4.78 is 22.6. The van der Waals surface area contributed by atoms with E-state index in [4.69, 9.17) is 9.05 Å². The molecule has 44 heavy (non-hydrogen) atoms. The Morgan fingerprint density at radius 3 is 1.36 bits per heavy atom. The van der Waals surface area contributed by atoms with Gasteiger partial charge in [-0.25, -0.2) is 0 Å². The van der Waals surface area contributed by atoms with Gasteiger partial charge in [0.2, 0.25) is 0 Å². The third-order valence-corrected chi connectivity index (χ3v) is 9.25. The van der Waals surface area contributed by atoms with Gasteiger partial charge in [0.1, 0.15) is 24.7 Å². The summed E-state index contributed by atoms with van der Waals surface area (Å²) >= 11 is 0. The molecule has 0 bridgehead atoms. The fourth-order valence-corrected chi connectivity index (χ4v) is 6.73. The van der Waals surface area contributed by atoms with Crippen LogP contribution in [0.3, 0.4) is 0 Å². The molecule has 0 saturated carbocycles. The fourth-order valence-electron chi connectivity index (χ4n) is 6.12. The number of fused-ring (bicyclic) bond motifs is 2. The Bertz CT molecular complexity index is 1390. The second-order valence-electron chi connectivity index (χ2n) is 14.0. The van der Waals surface area contributed by atoms with Gasteiger partial charge in [-0.1, -0.05) is 53.7 Å². The summed E-state index contributed by atoms with van der Waals surface area (Å²) in [5.41, 5.74) is 7.05.